The predicted molar refractivity (Wildman–Crippen MR) is 62.0 cm³/mol. The minimum atomic E-state index is -4.30. The van der Waals surface area contributed by atoms with Crippen LogP contribution < -0.4 is 0 Å². The van der Waals surface area contributed by atoms with Crippen molar-refractivity contribution in [3.63, 3.8) is 0 Å². The molecular weight excluding hydrogens is 245 g/mol. The number of esters is 1. The topological polar surface area (TPSA) is 26.3 Å². The molecule has 1 aliphatic carbocycles. The average Bonchev–Trinajstić information content (AvgIpc) is 2.33. The molecule has 1 rings (SSSR count). The summed E-state index contributed by atoms with van der Waals surface area (Å²) in [4.78, 5) is 11.8. The SMILES string of the molecule is CCCOC(=O)C(CC(F)(F)F)C1CCCCC1. The number of carbonyl (C=O) groups excluding carboxylic acids is 1. The van der Waals surface area contributed by atoms with Gasteiger partial charge in [0, 0.05) is 0 Å². The maximum absolute atomic E-state index is 12.5. The Morgan fingerprint density at radius 1 is 1.28 bits per heavy atom. The third-order valence-corrected chi connectivity index (χ3v) is 3.42. The Bertz CT molecular complexity index is 257. The molecule has 0 spiro atoms. The molecule has 0 N–H and O–H groups in total. The summed E-state index contributed by atoms with van der Waals surface area (Å²) in [6.07, 6.45) is -0.397. The highest BCUT2D eigenvalue weighted by Crippen LogP contribution is 2.37. The van der Waals surface area contributed by atoms with Gasteiger partial charge in [0.2, 0.25) is 0 Å². The van der Waals surface area contributed by atoms with Crippen molar-refractivity contribution < 1.29 is 22.7 Å². The first-order chi connectivity index (χ1) is 8.44. The van der Waals surface area contributed by atoms with Crippen LogP contribution in [0.4, 0.5) is 13.2 Å². The molecule has 0 amide bonds. The highest BCUT2D eigenvalue weighted by atomic mass is 19.4. The van der Waals surface area contributed by atoms with E-state index in [0.717, 1.165) is 19.3 Å². The smallest absolute Gasteiger partial charge is 0.389 e. The largest absolute Gasteiger partial charge is 0.465 e. The van der Waals surface area contributed by atoms with Gasteiger partial charge in [0.25, 0.3) is 0 Å². The predicted octanol–water partition coefficient (Wildman–Crippen LogP) is 4.09. The van der Waals surface area contributed by atoms with Crippen molar-refractivity contribution in [1.82, 2.24) is 0 Å². The van der Waals surface area contributed by atoms with Crippen LogP contribution in [0.25, 0.3) is 0 Å². The van der Waals surface area contributed by atoms with Crippen molar-refractivity contribution in [1.29, 1.82) is 0 Å². The molecule has 18 heavy (non-hydrogen) atoms. The number of hydrogen-bond acceptors (Lipinski definition) is 2. The minimum absolute atomic E-state index is 0.162. The molecule has 106 valence electrons. The van der Waals surface area contributed by atoms with Gasteiger partial charge in [-0.25, -0.2) is 0 Å². The quantitative estimate of drug-likeness (QED) is 0.701. The van der Waals surface area contributed by atoms with Gasteiger partial charge in [0.05, 0.1) is 18.9 Å². The number of alkyl halides is 3. The van der Waals surface area contributed by atoms with E-state index >= 15 is 0 Å². The van der Waals surface area contributed by atoms with Gasteiger partial charge in [0.15, 0.2) is 0 Å². The van der Waals surface area contributed by atoms with Crippen molar-refractivity contribution in [2.75, 3.05) is 6.61 Å². The fourth-order valence-corrected chi connectivity index (χ4v) is 2.54. The summed E-state index contributed by atoms with van der Waals surface area (Å²) in [6, 6.07) is 0. The fourth-order valence-electron chi connectivity index (χ4n) is 2.54. The third-order valence-electron chi connectivity index (χ3n) is 3.42. The van der Waals surface area contributed by atoms with Crippen LogP contribution in [0.5, 0.6) is 0 Å². The Kier molecular flexibility index (Phi) is 5.96. The van der Waals surface area contributed by atoms with Gasteiger partial charge in [0.1, 0.15) is 0 Å². The highest BCUT2D eigenvalue weighted by molar-refractivity contribution is 5.72. The van der Waals surface area contributed by atoms with E-state index in [2.05, 4.69) is 0 Å². The lowest BCUT2D eigenvalue weighted by molar-refractivity contribution is -0.173. The van der Waals surface area contributed by atoms with Crippen LogP contribution in [0, 0.1) is 11.8 Å². The maximum atomic E-state index is 12.5. The third kappa shape index (κ3) is 5.27. The van der Waals surface area contributed by atoms with Crippen LogP contribution in [-0.2, 0) is 9.53 Å². The van der Waals surface area contributed by atoms with Crippen LogP contribution >= 0.6 is 0 Å². The molecule has 0 aromatic rings. The summed E-state index contributed by atoms with van der Waals surface area (Å²) in [5.41, 5.74) is 0. The average molecular weight is 266 g/mol. The molecule has 1 saturated carbocycles. The van der Waals surface area contributed by atoms with Crippen LogP contribution in [0.2, 0.25) is 0 Å². The molecule has 0 saturated heterocycles. The molecule has 0 aromatic heterocycles. The van der Waals surface area contributed by atoms with Crippen LogP contribution in [0.3, 0.4) is 0 Å². The minimum Gasteiger partial charge on any atom is -0.465 e. The summed E-state index contributed by atoms with van der Waals surface area (Å²) < 4.78 is 42.5. The van der Waals surface area contributed by atoms with Gasteiger partial charge in [-0.3, -0.25) is 4.79 Å². The monoisotopic (exact) mass is 266 g/mol. The maximum Gasteiger partial charge on any atom is 0.389 e. The zero-order valence-corrected chi connectivity index (χ0v) is 10.8. The van der Waals surface area contributed by atoms with E-state index in [4.69, 9.17) is 4.74 Å². The summed E-state index contributed by atoms with van der Waals surface area (Å²) in [7, 11) is 0. The summed E-state index contributed by atoms with van der Waals surface area (Å²) in [6.45, 7) is 2.03. The van der Waals surface area contributed by atoms with Crippen molar-refractivity contribution in [2.45, 2.75) is 58.0 Å². The molecule has 1 atom stereocenters. The molecule has 2 nitrogen and oxygen atoms in total. The van der Waals surface area contributed by atoms with Crippen molar-refractivity contribution >= 4 is 5.97 Å². The molecule has 1 fully saturated rings. The van der Waals surface area contributed by atoms with Gasteiger partial charge < -0.3 is 4.74 Å². The van der Waals surface area contributed by atoms with E-state index < -0.39 is 24.5 Å². The fraction of sp³-hybridized carbons (Fsp3) is 0.923. The first-order valence-electron chi connectivity index (χ1n) is 6.67. The standard InChI is InChI=1S/C13H21F3O2/c1-2-8-18-12(17)11(9-13(14,15)16)10-6-4-3-5-7-10/h10-11H,2-9H2,1H3. The van der Waals surface area contributed by atoms with Crippen LogP contribution in [-0.4, -0.2) is 18.8 Å². The van der Waals surface area contributed by atoms with Gasteiger partial charge in [-0.1, -0.05) is 26.2 Å². The normalized spacial score (nSPS) is 19.6. The van der Waals surface area contributed by atoms with Crippen molar-refractivity contribution in [3.8, 4) is 0 Å². The Hall–Kier alpha value is -0.740. The Labute approximate surface area is 106 Å². The Balaban J connectivity index is 2.63. The van der Waals surface area contributed by atoms with Crippen LogP contribution in [0.15, 0.2) is 0 Å². The summed E-state index contributed by atoms with van der Waals surface area (Å²) in [5.74, 6) is -1.83. The van der Waals surface area contributed by atoms with E-state index in [1.165, 1.54) is 0 Å². The van der Waals surface area contributed by atoms with Crippen molar-refractivity contribution in [3.05, 3.63) is 0 Å². The Morgan fingerprint density at radius 2 is 1.89 bits per heavy atom. The van der Waals surface area contributed by atoms with Gasteiger partial charge in [-0.15, -0.1) is 0 Å². The summed E-state index contributed by atoms with van der Waals surface area (Å²) >= 11 is 0. The molecular formula is C13H21F3O2. The molecule has 1 unspecified atom stereocenters. The second-order valence-electron chi connectivity index (χ2n) is 4.99. The summed E-state index contributed by atoms with van der Waals surface area (Å²) in [5, 5.41) is 0. The van der Waals surface area contributed by atoms with E-state index in [1.54, 1.807) is 0 Å². The Morgan fingerprint density at radius 3 is 2.39 bits per heavy atom. The first-order valence-corrected chi connectivity index (χ1v) is 6.67. The van der Waals surface area contributed by atoms with Crippen molar-refractivity contribution in [2.24, 2.45) is 11.8 Å². The molecule has 0 bridgehead atoms. The number of ether oxygens (including phenoxy) is 1. The molecule has 1 aliphatic rings. The lowest BCUT2D eigenvalue weighted by Crippen LogP contribution is -2.32. The first kappa shape index (κ1) is 15.3. The number of carbonyl (C=O) groups is 1. The lowest BCUT2D eigenvalue weighted by Gasteiger charge is -2.29. The van der Waals surface area contributed by atoms with Gasteiger partial charge in [-0.2, -0.15) is 13.2 Å². The van der Waals surface area contributed by atoms with E-state index in [1.807, 2.05) is 6.92 Å². The molecule has 5 heteroatoms. The van der Waals surface area contributed by atoms with Gasteiger partial charge in [-0.05, 0) is 25.2 Å². The molecule has 0 aromatic carbocycles. The molecule has 0 heterocycles. The van der Waals surface area contributed by atoms with Crippen LogP contribution in [0.1, 0.15) is 51.9 Å². The number of halogens is 3. The van der Waals surface area contributed by atoms with E-state index in [9.17, 15) is 18.0 Å². The highest BCUT2D eigenvalue weighted by Gasteiger charge is 2.40. The van der Waals surface area contributed by atoms with E-state index in [-0.39, 0.29) is 12.5 Å². The lowest BCUT2D eigenvalue weighted by atomic mass is 9.78. The second kappa shape index (κ2) is 7.00. The number of hydrogen-bond donors (Lipinski definition) is 0. The molecule has 0 radical (unpaired) electrons. The zero-order valence-electron chi connectivity index (χ0n) is 10.8. The number of rotatable bonds is 5. The second-order valence-corrected chi connectivity index (χ2v) is 4.99. The molecule has 0 aliphatic heterocycles. The van der Waals surface area contributed by atoms with E-state index in [0.29, 0.717) is 19.3 Å². The van der Waals surface area contributed by atoms with Gasteiger partial charge >= 0.3 is 12.1 Å². The zero-order chi connectivity index (χ0) is 13.6.